The highest BCUT2D eigenvalue weighted by atomic mass is 32.2. The van der Waals surface area contributed by atoms with E-state index < -0.39 is 208 Å². The minimum absolute atomic E-state index is 0.407. The van der Waals surface area contributed by atoms with E-state index in [2.05, 4.69) is 0 Å². The van der Waals surface area contributed by atoms with E-state index in [0.717, 1.165) is 24.3 Å². The Morgan fingerprint density at radius 2 is 0.754 bits per heavy atom. The molecule has 0 radical (unpaired) electrons. The van der Waals surface area contributed by atoms with E-state index in [1.165, 1.54) is 24.3 Å². The molecule has 332 valence electrons. The third-order valence-corrected chi connectivity index (χ3v) is 10.6. The Kier molecular flexibility index (Phi) is 12.4. The monoisotopic (exact) mass is 886 g/mol. The molecule has 2 aromatic rings. The fourth-order valence-electron chi connectivity index (χ4n) is 6.71. The minimum atomic E-state index is -5.10. The smallest absolute Gasteiger partial charge is 0.303 e. The summed E-state index contributed by atoms with van der Waals surface area (Å²) in [7, 11) is -5.10. The molecule has 0 spiro atoms. The standard InChI is InChI=1S/C40H46O20S/c1-19(41)51-17-29-35(53-21(3)43)39(57-25(7)47)37(55-23(5)45)33(59-29)27-13-9-11-15-31(27)61(49,50)32-16-12-10-14-28(32)34-38(56-24(6)46)40(58-26(8)48)36(54-22(4)44)30(60-34)18-52-20(2)42/h9-16,29-30,33-40H,17-18H2,1-8H3/t29-,30-,33?,34?,35-,36-,37+,38+,39+,40+/m1/s1/i1D,2D,3D,4D,5D,6D,7D,8D. The predicted molar refractivity (Wildman–Crippen MR) is 200 cm³/mol. The first-order valence-corrected chi connectivity index (χ1v) is 19.0. The zero-order valence-corrected chi connectivity index (χ0v) is 32.9. The zero-order valence-electron chi connectivity index (χ0n) is 40.0. The Morgan fingerprint density at radius 3 is 1.08 bits per heavy atom. The molecule has 2 unspecified atom stereocenters. The molecule has 2 aliphatic heterocycles. The molecule has 2 aromatic carbocycles. The summed E-state index contributed by atoms with van der Waals surface area (Å²) in [6.07, 6.45) is -19.2. The van der Waals surface area contributed by atoms with Crippen LogP contribution >= 0.6 is 0 Å². The van der Waals surface area contributed by atoms with Crippen LogP contribution in [-0.2, 0) is 95.6 Å². The summed E-state index contributed by atoms with van der Waals surface area (Å²) >= 11 is 0. The third kappa shape index (κ3) is 12.1. The first-order valence-electron chi connectivity index (χ1n) is 23.1. The van der Waals surface area contributed by atoms with Crippen molar-refractivity contribution < 1.29 is 105 Å². The van der Waals surface area contributed by atoms with Crippen molar-refractivity contribution in [3.63, 3.8) is 0 Å². The first kappa shape index (κ1) is 36.9. The quantitative estimate of drug-likeness (QED) is 0.194. The van der Waals surface area contributed by atoms with Crippen LogP contribution in [0.1, 0.15) is 89.5 Å². The number of benzene rings is 2. The van der Waals surface area contributed by atoms with Crippen molar-refractivity contribution in [1.82, 2.24) is 0 Å². The first-order chi connectivity index (χ1) is 32.9. The van der Waals surface area contributed by atoms with Crippen molar-refractivity contribution in [1.29, 1.82) is 0 Å². The van der Waals surface area contributed by atoms with E-state index in [4.69, 9.17) is 58.3 Å². The molecule has 0 aliphatic carbocycles. The fourth-order valence-corrected chi connectivity index (χ4v) is 8.45. The van der Waals surface area contributed by atoms with Gasteiger partial charge in [-0.2, -0.15) is 0 Å². The average Bonchev–Trinajstić information content (AvgIpc) is 3.36. The molecular formula is C40H46O20S. The number of hydrogen-bond acceptors (Lipinski definition) is 20. The van der Waals surface area contributed by atoms with Gasteiger partial charge in [-0.15, -0.1) is 0 Å². The molecule has 0 aromatic heterocycles. The van der Waals surface area contributed by atoms with Gasteiger partial charge in [0.2, 0.25) is 9.84 Å². The molecule has 0 bridgehead atoms. The van der Waals surface area contributed by atoms with Gasteiger partial charge in [0.15, 0.2) is 36.6 Å². The Balaban J connectivity index is 2.01. The van der Waals surface area contributed by atoms with Gasteiger partial charge in [-0.3, -0.25) is 38.4 Å². The SMILES string of the molecule is [2H]CC(=O)OC[C@H]1OC(c2ccccc2S(=O)(=O)c2ccccc2C2O[C@H](COC(=O)C[2H])[C@@H](OC(=O)C[2H])[C@H](OC(=O)C[2H])[C@H]2OC(=O)C[2H])[C@H](OC(=O)C[2H])[C@@H](OC(=O)C[2H])[C@@H]1OC(=O)C[2H]. The number of carbonyl (C=O) groups excluding carboxylic acids is 8. The number of sulfone groups is 1. The van der Waals surface area contributed by atoms with Crippen LogP contribution in [0, 0.1) is 0 Å². The van der Waals surface area contributed by atoms with E-state index in [9.17, 15) is 38.4 Å². The maximum Gasteiger partial charge on any atom is 0.303 e. The molecule has 2 aliphatic rings. The lowest BCUT2D eigenvalue weighted by atomic mass is 9.90. The number of carbonyl (C=O) groups is 8. The van der Waals surface area contributed by atoms with Crippen LogP contribution in [-0.4, -0.2) is 118 Å². The van der Waals surface area contributed by atoms with Crippen molar-refractivity contribution >= 4 is 57.6 Å². The minimum Gasteiger partial charge on any atom is -0.463 e. The van der Waals surface area contributed by atoms with Crippen LogP contribution in [0.5, 0.6) is 0 Å². The number of esters is 8. The highest BCUT2D eigenvalue weighted by Gasteiger charge is 2.55. The Bertz CT molecular complexity index is 2140. The van der Waals surface area contributed by atoms with Crippen molar-refractivity contribution in [3.8, 4) is 0 Å². The second-order valence-corrected chi connectivity index (χ2v) is 14.7. The molecule has 0 saturated carbocycles. The molecule has 2 fully saturated rings. The summed E-state index contributed by atoms with van der Waals surface area (Å²) in [5, 5.41) is 0. The van der Waals surface area contributed by atoms with Crippen LogP contribution in [0.3, 0.4) is 0 Å². The molecule has 20 nitrogen and oxygen atoms in total. The summed E-state index contributed by atoms with van der Waals surface area (Å²) in [5.74, 6) is -10.0. The zero-order chi connectivity index (χ0) is 51.0. The van der Waals surface area contributed by atoms with Crippen LogP contribution < -0.4 is 0 Å². The number of ether oxygens (including phenoxy) is 10. The molecule has 0 N–H and O–H groups in total. The maximum absolute atomic E-state index is 15.3. The normalized spacial score (nSPS) is 27.7. The van der Waals surface area contributed by atoms with Gasteiger partial charge in [-0.1, -0.05) is 36.4 Å². The van der Waals surface area contributed by atoms with Gasteiger partial charge in [0.1, 0.15) is 37.6 Å². The number of hydrogen-bond donors (Lipinski definition) is 0. The second-order valence-electron chi connectivity index (χ2n) is 12.9. The lowest BCUT2D eigenvalue weighted by Crippen LogP contribution is -2.59. The average molecular weight is 887 g/mol. The van der Waals surface area contributed by atoms with Gasteiger partial charge in [-0.05, 0) is 12.1 Å². The lowest BCUT2D eigenvalue weighted by Gasteiger charge is -2.45. The Labute approximate surface area is 361 Å². The van der Waals surface area contributed by atoms with E-state index in [-0.39, 0.29) is 0 Å². The van der Waals surface area contributed by atoms with Crippen LogP contribution in [0.25, 0.3) is 0 Å². The maximum atomic E-state index is 15.3. The van der Waals surface area contributed by atoms with Gasteiger partial charge >= 0.3 is 47.8 Å². The molecule has 21 heteroatoms. The summed E-state index contributed by atoms with van der Waals surface area (Å²) in [5.41, 5.74) is -0.814. The number of rotatable bonds is 14. The van der Waals surface area contributed by atoms with E-state index in [0.29, 0.717) is 0 Å². The fraction of sp³-hybridized carbons (Fsp3) is 0.500. The van der Waals surface area contributed by atoms with Crippen molar-refractivity contribution in [2.24, 2.45) is 0 Å². The van der Waals surface area contributed by atoms with Crippen LogP contribution in [0.15, 0.2) is 58.3 Å². The highest BCUT2D eigenvalue weighted by molar-refractivity contribution is 7.91. The third-order valence-electron chi connectivity index (χ3n) is 8.72. The summed E-state index contributed by atoms with van der Waals surface area (Å²) in [6, 6.07) is 9.47. The van der Waals surface area contributed by atoms with Gasteiger partial charge in [0.25, 0.3) is 0 Å². The van der Waals surface area contributed by atoms with E-state index >= 15 is 8.42 Å². The van der Waals surface area contributed by atoms with Crippen molar-refractivity contribution in [2.75, 3.05) is 13.2 Å². The molecule has 2 heterocycles. The molecule has 10 atom stereocenters. The Morgan fingerprint density at radius 1 is 0.459 bits per heavy atom. The van der Waals surface area contributed by atoms with Gasteiger partial charge < -0.3 is 47.4 Å². The summed E-state index contributed by atoms with van der Waals surface area (Å²) < 4.78 is 146. The Hall–Kier alpha value is -5.93. The van der Waals surface area contributed by atoms with Crippen molar-refractivity contribution in [2.45, 2.75) is 126 Å². The molecule has 4 rings (SSSR count). The van der Waals surface area contributed by atoms with Crippen LogP contribution in [0.2, 0.25) is 0 Å². The predicted octanol–water partition coefficient (Wildman–Crippen LogP) is 2.12. The van der Waals surface area contributed by atoms with E-state index in [1.807, 2.05) is 0 Å². The van der Waals surface area contributed by atoms with Gasteiger partial charge in [0.05, 0.1) is 9.79 Å². The molecular weight excluding hydrogens is 832 g/mol. The second kappa shape index (κ2) is 20.6. The summed E-state index contributed by atoms with van der Waals surface area (Å²) in [6.45, 7) is -9.90. The largest absolute Gasteiger partial charge is 0.463 e. The topological polar surface area (TPSA) is 263 Å². The molecule has 61 heavy (non-hydrogen) atoms. The van der Waals surface area contributed by atoms with Gasteiger partial charge in [-0.25, -0.2) is 8.42 Å². The summed E-state index contributed by atoms with van der Waals surface area (Å²) in [4.78, 5) is 99.6. The van der Waals surface area contributed by atoms with E-state index in [1.54, 1.807) is 0 Å². The van der Waals surface area contributed by atoms with Crippen LogP contribution in [0.4, 0.5) is 0 Å². The lowest BCUT2D eigenvalue weighted by molar-refractivity contribution is -0.254. The van der Waals surface area contributed by atoms with Gasteiger partial charge in [0, 0.05) is 77.3 Å². The van der Waals surface area contributed by atoms with Crippen molar-refractivity contribution in [3.05, 3.63) is 59.7 Å². The highest BCUT2D eigenvalue weighted by Crippen LogP contribution is 2.44. The molecule has 2 saturated heterocycles. The molecule has 0 amide bonds.